The summed E-state index contributed by atoms with van der Waals surface area (Å²) >= 11 is 0. The average molecular weight is 396 g/mol. The molecule has 2 aromatic heterocycles. The lowest BCUT2D eigenvalue weighted by Crippen LogP contribution is -2.55. The van der Waals surface area contributed by atoms with Crippen LogP contribution in [0.2, 0.25) is 0 Å². The molecule has 154 valence electrons. The van der Waals surface area contributed by atoms with Gasteiger partial charge in [-0.3, -0.25) is 9.59 Å². The van der Waals surface area contributed by atoms with Crippen LogP contribution in [0.5, 0.6) is 0 Å². The van der Waals surface area contributed by atoms with Gasteiger partial charge in [0.15, 0.2) is 0 Å². The van der Waals surface area contributed by atoms with Crippen molar-refractivity contribution >= 4 is 22.9 Å². The second kappa shape index (κ2) is 6.28. The Morgan fingerprint density at radius 3 is 2.66 bits per heavy atom. The second-order valence-electron chi connectivity index (χ2n) is 9.32. The first-order valence-corrected chi connectivity index (χ1v) is 10.6. The summed E-state index contributed by atoms with van der Waals surface area (Å²) in [6.07, 6.45) is 5.20. The molecule has 1 aliphatic carbocycles. The third kappa shape index (κ3) is 2.55. The Hall–Kier alpha value is -2.44. The van der Waals surface area contributed by atoms with Crippen LogP contribution in [0.25, 0.3) is 11.1 Å². The second-order valence-corrected chi connectivity index (χ2v) is 9.32. The summed E-state index contributed by atoms with van der Waals surface area (Å²) in [6, 6.07) is 2.29. The van der Waals surface area contributed by atoms with E-state index >= 15 is 0 Å². The zero-order valence-corrected chi connectivity index (χ0v) is 17.6. The SMILES string of the molecule is CC(=O)N1C[C@@H]2C[C@@]3(C)[C@H](CCCC[C@@H]13)N2C(=O)c1cc(C)nc2onc(C)c12. The van der Waals surface area contributed by atoms with E-state index in [4.69, 9.17) is 4.52 Å². The minimum Gasteiger partial charge on any atom is -0.337 e. The third-order valence-corrected chi connectivity index (χ3v) is 7.53. The molecule has 0 N–H and O–H groups in total. The highest BCUT2D eigenvalue weighted by molar-refractivity contribution is 6.06. The Morgan fingerprint density at radius 1 is 1.21 bits per heavy atom. The van der Waals surface area contributed by atoms with Crippen molar-refractivity contribution in [1.29, 1.82) is 0 Å². The van der Waals surface area contributed by atoms with Gasteiger partial charge >= 0.3 is 0 Å². The van der Waals surface area contributed by atoms with Crippen LogP contribution in [0.4, 0.5) is 0 Å². The Bertz CT molecular complexity index is 1010. The number of hydrogen-bond acceptors (Lipinski definition) is 5. The average Bonchev–Trinajstić information content (AvgIpc) is 3.08. The molecular weight excluding hydrogens is 368 g/mol. The molecule has 2 bridgehead atoms. The number of fused-ring (bicyclic) bond motifs is 2. The van der Waals surface area contributed by atoms with Crippen molar-refractivity contribution in [1.82, 2.24) is 19.9 Å². The molecular formula is C22H28N4O3. The molecule has 7 heteroatoms. The van der Waals surface area contributed by atoms with Gasteiger partial charge in [0, 0.05) is 36.7 Å². The lowest BCUT2D eigenvalue weighted by atomic mass is 9.71. The number of carbonyl (C=O) groups is 2. The van der Waals surface area contributed by atoms with Gasteiger partial charge < -0.3 is 14.3 Å². The molecule has 2 aliphatic heterocycles. The van der Waals surface area contributed by atoms with Crippen molar-refractivity contribution < 1.29 is 14.1 Å². The van der Waals surface area contributed by atoms with Crippen LogP contribution < -0.4 is 0 Å². The molecule has 7 nitrogen and oxygen atoms in total. The van der Waals surface area contributed by atoms with Crippen LogP contribution in [0.15, 0.2) is 10.6 Å². The number of aromatic nitrogens is 2. The standard InChI is InChI=1S/C22H28N4O3/c1-12-9-16(19-13(2)24-29-20(19)23-12)21(28)26-15-10-22(4)17(25(11-15)14(3)27)7-5-6-8-18(22)26/h9,15,17-18H,5-8,10-11H2,1-4H3/t15-,17+,18-,22+/m0/s1. The first-order valence-electron chi connectivity index (χ1n) is 10.6. The van der Waals surface area contributed by atoms with Crippen LogP contribution in [-0.2, 0) is 4.79 Å². The summed E-state index contributed by atoms with van der Waals surface area (Å²) in [5.74, 6) is 0.148. The van der Waals surface area contributed by atoms with Gasteiger partial charge in [-0.15, -0.1) is 0 Å². The van der Waals surface area contributed by atoms with E-state index in [0.717, 1.165) is 37.8 Å². The van der Waals surface area contributed by atoms with Gasteiger partial charge in [0.05, 0.1) is 22.7 Å². The number of nitrogens with zero attached hydrogens (tertiary/aromatic N) is 4. The molecule has 4 heterocycles. The van der Waals surface area contributed by atoms with Gasteiger partial charge in [-0.1, -0.05) is 24.9 Å². The summed E-state index contributed by atoms with van der Waals surface area (Å²) in [5, 5.41) is 4.75. The molecule has 0 spiro atoms. The van der Waals surface area contributed by atoms with Crippen molar-refractivity contribution in [2.45, 2.75) is 77.9 Å². The fraction of sp³-hybridized carbons (Fsp3) is 0.636. The molecule has 3 fully saturated rings. The first-order chi connectivity index (χ1) is 13.8. The van der Waals surface area contributed by atoms with E-state index in [0.29, 0.717) is 28.9 Å². The smallest absolute Gasteiger partial charge is 0.258 e. The molecule has 2 saturated heterocycles. The van der Waals surface area contributed by atoms with Crippen molar-refractivity contribution in [2.75, 3.05) is 6.54 Å². The first kappa shape index (κ1) is 18.6. The molecule has 29 heavy (non-hydrogen) atoms. The van der Waals surface area contributed by atoms with E-state index in [1.54, 1.807) is 6.92 Å². The maximum Gasteiger partial charge on any atom is 0.258 e. The molecule has 5 rings (SSSR count). The number of carbonyl (C=O) groups excluding carboxylic acids is 2. The summed E-state index contributed by atoms with van der Waals surface area (Å²) in [5.41, 5.74) is 2.43. The lowest BCUT2D eigenvalue weighted by Gasteiger charge is -2.46. The number of aryl methyl sites for hydroxylation is 2. The number of hydrogen-bond donors (Lipinski definition) is 0. The highest BCUT2D eigenvalue weighted by atomic mass is 16.5. The largest absolute Gasteiger partial charge is 0.337 e. The van der Waals surface area contributed by atoms with E-state index in [9.17, 15) is 9.59 Å². The van der Waals surface area contributed by atoms with Gasteiger partial charge in [0.2, 0.25) is 5.91 Å². The number of amides is 2. The molecule has 1 saturated carbocycles. The van der Waals surface area contributed by atoms with Crippen molar-refractivity contribution in [3.05, 3.63) is 23.0 Å². The van der Waals surface area contributed by atoms with Gasteiger partial charge in [0.25, 0.3) is 11.6 Å². The third-order valence-electron chi connectivity index (χ3n) is 7.53. The molecule has 0 unspecified atom stereocenters. The van der Waals surface area contributed by atoms with Crippen LogP contribution >= 0.6 is 0 Å². The number of pyridine rings is 1. The fourth-order valence-electron chi connectivity index (χ4n) is 6.35. The minimum absolute atomic E-state index is 0.0246. The summed E-state index contributed by atoms with van der Waals surface area (Å²) in [4.78, 5) is 34.9. The Kier molecular flexibility index (Phi) is 4.02. The van der Waals surface area contributed by atoms with Crippen LogP contribution in [-0.4, -0.2) is 56.4 Å². The molecule has 2 amide bonds. The maximum atomic E-state index is 14.0. The van der Waals surface area contributed by atoms with E-state index in [-0.39, 0.29) is 35.4 Å². The highest BCUT2D eigenvalue weighted by Crippen LogP contribution is 2.53. The Balaban J connectivity index is 1.63. The molecule has 0 radical (unpaired) electrons. The quantitative estimate of drug-likeness (QED) is 0.739. The van der Waals surface area contributed by atoms with E-state index < -0.39 is 0 Å². The molecule has 2 aromatic rings. The highest BCUT2D eigenvalue weighted by Gasteiger charge is 2.60. The predicted molar refractivity (Wildman–Crippen MR) is 107 cm³/mol. The fourth-order valence-corrected chi connectivity index (χ4v) is 6.35. The predicted octanol–water partition coefficient (Wildman–Crippen LogP) is 3.23. The van der Waals surface area contributed by atoms with Crippen LogP contribution in [0.3, 0.4) is 0 Å². The number of rotatable bonds is 1. The van der Waals surface area contributed by atoms with E-state index in [1.807, 2.05) is 24.8 Å². The topological polar surface area (TPSA) is 79.5 Å². The van der Waals surface area contributed by atoms with Gasteiger partial charge in [-0.25, -0.2) is 4.98 Å². The summed E-state index contributed by atoms with van der Waals surface area (Å²) < 4.78 is 5.35. The monoisotopic (exact) mass is 396 g/mol. The van der Waals surface area contributed by atoms with Crippen molar-refractivity contribution in [2.24, 2.45) is 5.41 Å². The van der Waals surface area contributed by atoms with Gasteiger partial charge in [-0.2, -0.15) is 0 Å². The molecule has 4 atom stereocenters. The van der Waals surface area contributed by atoms with Gasteiger partial charge in [-0.05, 0) is 39.2 Å². The van der Waals surface area contributed by atoms with Crippen molar-refractivity contribution in [3.8, 4) is 0 Å². The lowest BCUT2D eigenvalue weighted by molar-refractivity contribution is -0.136. The van der Waals surface area contributed by atoms with Crippen LogP contribution in [0, 0.1) is 19.3 Å². The minimum atomic E-state index is -0.0500. The van der Waals surface area contributed by atoms with Gasteiger partial charge in [0.1, 0.15) is 0 Å². The summed E-state index contributed by atoms with van der Waals surface area (Å²) in [7, 11) is 0. The number of piperidine rings is 1. The summed E-state index contributed by atoms with van der Waals surface area (Å²) in [6.45, 7) is 8.31. The zero-order valence-electron chi connectivity index (χ0n) is 17.6. The normalized spacial score (nSPS) is 31.2. The molecule has 3 aliphatic rings. The molecule has 0 aromatic carbocycles. The maximum absolute atomic E-state index is 14.0. The Labute approximate surface area is 170 Å². The number of likely N-dealkylation sites (tertiary alicyclic amines) is 2. The van der Waals surface area contributed by atoms with Crippen molar-refractivity contribution in [3.63, 3.8) is 0 Å². The van der Waals surface area contributed by atoms with E-state index in [2.05, 4.69) is 22.0 Å². The van der Waals surface area contributed by atoms with Crippen LogP contribution in [0.1, 0.15) is 67.7 Å². The van der Waals surface area contributed by atoms with E-state index in [1.165, 1.54) is 0 Å². The Morgan fingerprint density at radius 2 is 1.93 bits per heavy atom. The zero-order chi connectivity index (χ0) is 20.5.